The maximum absolute atomic E-state index is 10.9. The lowest BCUT2D eigenvalue weighted by atomic mass is 10.1. The Kier molecular flexibility index (Phi) is 2.88. The lowest BCUT2D eigenvalue weighted by Gasteiger charge is -1.97. The number of benzene rings is 1. The third-order valence-electron chi connectivity index (χ3n) is 2.14. The molecular formula is C11H8N2O3S. The van der Waals surface area contributed by atoms with E-state index in [4.69, 9.17) is 10.8 Å². The Balaban J connectivity index is 2.33. The molecule has 0 aliphatic carbocycles. The van der Waals surface area contributed by atoms with Crippen molar-refractivity contribution in [2.24, 2.45) is 5.73 Å². The Hall–Kier alpha value is -2.21. The fourth-order valence-electron chi connectivity index (χ4n) is 1.28. The molecule has 0 unspecified atom stereocenters. The first-order chi connectivity index (χ1) is 8.08. The van der Waals surface area contributed by atoms with Gasteiger partial charge in [-0.25, -0.2) is 9.78 Å². The molecule has 2 aromatic rings. The lowest BCUT2D eigenvalue weighted by Crippen LogP contribution is -2.10. The van der Waals surface area contributed by atoms with E-state index < -0.39 is 11.9 Å². The number of carboxylic acid groups (broad SMARTS) is 1. The molecule has 17 heavy (non-hydrogen) atoms. The molecule has 3 N–H and O–H groups in total. The van der Waals surface area contributed by atoms with Gasteiger partial charge in [-0.2, -0.15) is 0 Å². The number of primary amides is 1. The molecule has 6 heteroatoms. The highest BCUT2D eigenvalue weighted by Gasteiger charge is 2.10. The number of thiazole rings is 1. The number of hydrogen-bond donors (Lipinski definition) is 2. The van der Waals surface area contributed by atoms with E-state index in [-0.39, 0.29) is 5.69 Å². The molecule has 0 aliphatic heterocycles. The highest BCUT2D eigenvalue weighted by molar-refractivity contribution is 7.13. The molecule has 0 saturated heterocycles. The quantitative estimate of drug-likeness (QED) is 0.862. The lowest BCUT2D eigenvalue weighted by molar-refractivity contribution is 0.0691. The molecule has 0 fully saturated rings. The van der Waals surface area contributed by atoms with Crippen LogP contribution in [0.2, 0.25) is 0 Å². The zero-order chi connectivity index (χ0) is 12.4. The average Bonchev–Trinajstić information content (AvgIpc) is 2.78. The predicted molar refractivity (Wildman–Crippen MR) is 63.0 cm³/mol. The maximum atomic E-state index is 10.9. The van der Waals surface area contributed by atoms with Crippen LogP contribution in [0.1, 0.15) is 20.8 Å². The van der Waals surface area contributed by atoms with E-state index in [1.807, 2.05) is 0 Å². The summed E-state index contributed by atoms with van der Waals surface area (Å²) in [4.78, 5) is 25.5. The average molecular weight is 248 g/mol. The van der Waals surface area contributed by atoms with Gasteiger partial charge in [0.25, 0.3) is 0 Å². The summed E-state index contributed by atoms with van der Waals surface area (Å²) >= 11 is 1.24. The molecule has 1 aromatic carbocycles. The Morgan fingerprint density at radius 3 is 2.35 bits per heavy atom. The van der Waals surface area contributed by atoms with Crippen molar-refractivity contribution in [2.75, 3.05) is 0 Å². The molecule has 1 amide bonds. The van der Waals surface area contributed by atoms with Crippen molar-refractivity contribution in [1.29, 1.82) is 0 Å². The zero-order valence-electron chi connectivity index (χ0n) is 8.58. The van der Waals surface area contributed by atoms with E-state index in [2.05, 4.69) is 4.98 Å². The van der Waals surface area contributed by atoms with Crippen LogP contribution in [-0.2, 0) is 0 Å². The number of aromatic carboxylic acids is 1. The Morgan fingerprint density at radius 2 is 1.88 bits per heavy atom. The number of carboxylic acids is 1. The van der Waals surface area contributed by atoms with Gasteiger partial charge in [0.05, 0.1) is 0 Å². The maximum Gasteiger partial charge on any atom is 0.355 e. The number of nitrogens with zero attached hydrogens (tertiary/aromatic N) is 1. The summed E-state index contributed by atoms with van der Waals surface area (Å²) in [5, 5.41) is 10.8. The monoisotopic (exact) mass is 248 g/mol. The molecule has 0 bridgehead atoms. The summed E-state index contributed by atoms with van der Waals surface area (Å²) in [6.07, 6.45) is 0. The van der Waals surface area contributed by atoms with Gasteiger partial charge in [0.2, 0.25) is 5.91 Å². The molecular weight excluding hydrogens is 240 g/mol. The van der Waals surface area contributed by atoms with Crippen molar-refractivity contribution >= 4 is 23.2 Å². The van der Waals surface area contributed by atoms with Crippen molar-refractivity contribution in [3.63, 3.8) is 0 Å². The third-order valence-corrected chi connectivity index (χ3v) is 3.03. The summed E-state index contributed by atoms with van der Waals surface area (Å²) in [7, 11) is 0. The second kappa shape index (κ2) is 4.34. The minimum Gasteiger partial charge on any atom is -0.476 e. The topological polar surface area (TPSA) is 93.3 Å². The van der Waals surface area contributed by atoms with Crippen LogP contribution in [0.25, 0.3) is 10.6 Å². The minimum absolute atomic E-state index is 0.0176. The highest BCUT2D eigenvalue weighted by atomic mass is 32.1. The molecule has 2 rings (SSSR count). The molecule has 0 radical (unpaired) electrons. The molecule has 1 heterocycles. The number of amides is 1. The first-order valence-corrected chi connectivity index (χ1v) is 5.55. The van der Waals surface area contributed by atoms with Gasteiger partial charge in [0.15, 0.2) is 5.69 Å². The Labute approximate surface area is 101 Å². The van der Waals surface area contributed by atoms with Gasteiger partial charge in [-0.3, -0.25) is 4.79 Å². The van der Waals surface area contributed by atoms with Crippen LogP contribution >= 0.6 is 11.3 Å². The van der Waals surface area contributed by atoms with Crippen molar-refractivity contribution in [3.05, 3.63) is 40.9 Å². The summed E-state index contributed by atoms with van der Waals surface area (Å²) in [5.41, 5.74) is 6.30. The van der Waals surface area contributed by atoms with Crippen LogP contribution in [-0.4, -0.2) is 22.0 Å². The van der Waals surface area contributed by atoms with Gasteiger partial charge in [0.1, 0.15) is 5.01 Å². The van der Waals surface area contributed by atoms with Crippen molar-refractivity contribution < 1.29 is 14.7 Å². The van der Waals surface area contributed by atoms with E-state index in [1.54, 1.807) is 24.3 Å². The number of aromatic nitrogens is 1. The number of nitrogens with two attached hydrogens (primary N) is 1. The van der Waals surface area contributed by atoms with Crippen LogP contribution < -0.4 is 5.73 Å². The van der Waals surface area contributed by atoms with Crippen LogP contribution in [0.3, 0.4) is 0 Å². The molecule has 0 atom stereocenters. The summed E-state index contributed by atoms with van der Waals surface area (Å²) in [6.45, 7) is 0. The SMILES string of the molecule is NC(=O)c1ccc(-c2nc(C(=O)O)cs2)cc1. The number of hydrogen-bond acceptors (Lipinski definition) is 4. The molecule has 0 saturated carbocycles. The minimum atomic E-state index is -1.05. The van der Waals surface area contributed by atoms with Gasteiger partial charge in [-0.15, -0.1) is 11.3 Å². The normalized spacial score (nSPS) is 10.1. The fourth-order valence-corrected chi connectivity index (χ4v) is 2.08. The molecule has 0 aliphatic rings. The van der Waals surface area contributed by atoms with E-state index in [9.17, 15) is 9.59 Å². The van der Waals surface area contributed by atoms with E-state index in [0.29, 0.717) is 10.6 Å². The third kappa shape index (κ3) is 2.31. The number of carbonyl (C=O) groups excluding carboxylic acids is 1. The van der Waals surface area contributed by atoms with Gasteiger partial charge in [0, 0.05) is 16.5 Å². The highest BCUT2D eigenvalue weighted by Crippen LogP contribution is 2.23. The standard InChI is InChI=1S/C11H8N2O3S/c12-9(14)6-1-3-7(4-2-6)10-13-8(5-17-10)11(15)16/h1-5H,(H2,12,14)(H,15,16). The van der Waals surface area contributed by atoms with Crippen LogP contribution in [0.5, 0.6) is 0 Å². The largest absolute Gasteiger partial charge is 0.476 e. The summed E-state index contributed by atoms with van der Waals surface area (Å²) in [6, 6.07) is 6.54. The molecule has 0 spiro atoms. The van der Waals surface area contributed by atoms with E-state index >= 15 is 0 Å². The van der Waals surface area contributed by atoms with Gasteiger partial charge < -0.3 is 10.8 Å². The summed E-state index contributed by atoms with van der Waals surface area (Å²) in [5.74, 6) is -1.55. The zero-order valence-corrected chi connectivity index (χ0v) is 9.40. The predicted octanol–water partition coefficient (Wildman–Crippen LogP) is 1.61. The van der Waals surface area contributed by atoms with Crippen LogP contribution in [0, 0.1) is 0 Å². The van der Waals surface area contributed by atoms with Crippen LogP contribution in [0.4, 0.5) is 0 Å². The second-order valence-electron chi connectivity index (χ2n) is 3.28. The first-order valence-electron chi connectivity index (χ1n) is 4.67. The van der Waals surface area contributed by atoms with Crippen molar-refractivity contribution in [2.45, 2.75) is 0 Å². The molecule has 5 nitrogen and oxygen atoms in total. The first kappa shape index (κ1) is 11.3. The van der Waals surface area contributed by atoms with Crippen molar-refractivity contribution in [1.82, 2.24) is 4.98 Å². The van der Waals surface area contributed by atoms with Crippen LogP contribution in [0.15, 0.2) is 29.6 Å². The summed E-state index contributed by atoms with van der Waals surface area (Å²) < 4.78 is 0. The van der Waals surface area contributed by atoms with E-state index in [0.717, 1.165) is 5.56 Å². The van der Waals surface area contributed by atoms with Gasteiger partial charge in [-0.05, 0) is 12.1 Å². The molecule has 1 aromatic heterocycles. The number of rotatable bonds is 3. The second-order valence-corrected chi connectivity index (χ2v) is 4.14. The van der Waals surface area contributed by atoms with E-state index in [1.165, 1.54) is 16.7 Å². The van der Waals surface area contributed by atoms with Gasteiger partial charge in [-0.1, -0.05) is 12.1 Å². The van der Waals surface area contributed by atoms with Crippen molar-refractivity contribution in [3.8, 4) is 10.6 Å². The molecule has 86 valence electrons. The Morgan fingerprint density at radius 1 is 1.24 bits per heavy atom. The number of carbonyl (C=O) groups is 2. The smallest absolute Gasteiger partial charge is 0.355 e. The fraction of sp³-hybridized carbons (Fsp3) is 0. The Bertz CT molecular complexity index is 575. The van der Waals surface area contributed by atoms with Gasteiger partial charge >= 0.3 is 5.97 Å².